The van der Waals surface area contributed by atoms with E-state index in [4.69, 9.17) is 0 Å². The highest BCUT2D eigenvalue weighted by molar-refractivity contribution is 8.02. The number of ketones is 2. The number of hydrogen-bond donors (Lipinski definition) is 2. The summed E-state index contributed by atoms with van der Waals surface area (Å²) in [5, 5.41) is 21.0. The summed E-state index contributed by atoms with van der Waals surface area (Å²) >= 11 is 3.45. The minimum absolute atomic E-state index is 0.0693. The van der Waals surface area contributed by atoms with Gasteiger partial charge in [0.25, 0.3) is 0 Å². The Labute approximate surface area is 275 Å². The van der Waals surface area contributed by atoms with Gasteiger partial charge in [0.15, 0.2) is 11.6 Å². The molecule has 0 heterocycles. The van der Waals surface area contributed by atoms with Gasteiger partial charge in [0.2, 0.25) is 0 Å². The molecular formula is C38H56O4S2. The summed E-state index contributed by atoms with van der Waals surface area (Å²) in [6, 6.07) is 6.30. The number of rotatable bonds is 24. The number of carbonyl (C=O) groups excluding carboxylic acids is 2. The maximum Gasteiger partial charge on any atom is 0.199 e. The van der Waals surface area contributed by atoms with Crippen LogP contribution in [0.1, 0.15) is 174 Å². The van der Waals surface area contributed by atoms with E-state index in [1.807, 2.05) is 6.07 Å². The number of benzene rings is 2. The van der Waals surface area contributed by atoms with Gasteiger partial charge in [-0.2, -0.15) is 0 Å². The highest BCUT2D eigenvalue weighted by Gasteiger charge is 2.37. The Balaban J connectivity index is 1.59. The lowest BCUT2D eigenvalue weighted by molar-refractivity contribution is 0.0971. The van der Waals surface area contributed by atoms with Crippen molar-refractivity contribution in [3.8, 4) is 11.5 Å². The van der Waals surface area contributed by atoms with E-state index in [2.05, 4.69) is 13.8 Å². The van der Waals surface area contributed by atoms with Gasteiger partial charge >= 0.3 is 0 Å². The molecule has 244 valence electrons. The zero-order valence-electron chi connectivity index (χ0n) is 27.4. The van der Waals surface area contributed by atoms with Gasteiger partial charge in [0, 0.05) is 20.9 Å². The first kappa shape index (κ1) is 36.5. The van der Waals surface area contributed by atoms with Gasteiger partial charge in [-0.05, 0) is 48.6 Å². The molecule has 6 heteroatoms. The lowest BCUT2D eigenvalue weighted by Crippen LogP contribution is -2.22. The van der Waals surface area contributed by atoms with Crippen LogP contribution in [0.3, 0.4) is 0 Å². The monoisotopic (exact) mass is 640 g/mol. The van der Waals surface area contributed by atoms with Gasteiger partial charge in [0.1, 0.15) is 11.5 Å². The average molecular weight is 641 g/mol. The second kappa shape index (κ2) is 21.0. The molecule has 4 nitrogen and oxygen atoms in total. The van der Waals surface area contributed by atoms with Crippen molar-refractivity contribution < 1.29 is 19.8 Å². The van der Waals surface area contributed by atoms with Gasteiger partial charge < -0.3 is 10.2 Å². The van der Waals surface area contributed by atoms with Crippen molar-refractivity contribution in [2.24, 2.45) is 0 Å². The van der Waals surface area contributed by atoms with E-state index in [1.165, 1.54) is 128 Å². The maximum absolute atomic E-state index is 13.8. The molecule has 3 rings (SSSR count). The molecule has 0 aliphatic heterocycles. The summed E-state index contributed by atoms with van der Waals surface area (Å²) in [6.45, 7) is 4.51. The number of thioether (sulfide) groups is 2. The van der Waals surface area contributed by atoms with E-state index in [1.54, 1.807) is 29.6 Å². The van der Waals surface area contributed by atoms with E-state index in [0.717, 1.165) is 34.1 Å². The smallest absolute Gasteiger partial charge is 0.199 e. The summed E-state index contributed by atoms with van der Waals surface area (Å²) in [7, 11) is 0. The second-order valence-electron chi connectivity index (χ2n) is 12.4. The average Bonchev–Trinajstić information content (AvgIpc) is 3.02. The van der Waals surface area contributed by atoms with Crippen molar-refractivity contribution in [1.82, 2.24) is 0 Å². The molecule has 44 heavy (non-hydrogen) atoms. The number of phenols is 2. The Morgan fingerprint density at radius 3 is 1.36 bits per heavy atom. The Morgan fingerprint density at radius 2 is 0.886 bits per heavy atom. The number of aromatic hydroxyl groups is 2. The summed E-state index contributed by atoms with van der Waals surface area (Å²) in [5.41, 5.74) is 0.574. The third-order valence-electron chi connectivity index (χ3n) is 8.71. The van der Waals surface area contributed by atoms with Crippen molar-refractivity contribution in [2.45, 2.75) is 152 Å². The van der Waals surface area contributed by atoms with E-state index in [-0.39, 0.29) is 28.4 Å². The molecule has 1 aliphatic carbocycles. The topological polar surface area (TPSA) is 74.6 Å². The molecule has 0 saturated carbocycles. The van der Waals surface area contributed by atoms with E-state index in [9.17, 15) is 19.8 Å². The lowest BCUT2D eigenvalue weighted by Gasteiger charge is -2.23. The van der Waals surface area contributed by atoms with Crippen LogP contribution in [0.2, 0.25) is 0 Å². The predicted octanol–water partition coefficient (Wildman–Crippen LogP) is 11.9. The van der Waals surface area contributed by atoms with Crippen LogP contribution in [0, 0.1) is 0 Å². The number of fused-ring (bicyclic) bond motifs is 2. The van der Waals surface area contributed by atoms with Crippen LogP contribution in [0.15, 0.2) is 34.1 Å². The highest BCUT2D eigenvalue weighted by Crippen LogP contribution is 2.44. The molecular weight excluding hydrogens is 585 g/mol. The van der Waals surface area contributed by atoms with Gasteiger partial charge in [-0.15, -0.1) is 23.5 Å². The van der Waals surface area contributed by atoms with Gasteiger partial charge in [-0.25, -0.2) is 0 Å². The summed E-state index contributed by atoms with van der Waals surface area (Å²) < 4.78 is 0. The zero-order valence-corrected chi connectivity index (χ0v) is 29.0. The van der Waals surface area contributed by atoms with Crippen LogP contribution >= 0.6 is 23.5 Å². The third-order valence-corrected chi connectivity index (χ3v) is 11.2. The van der Waals surface area contributed by atoms with E-state index < -0.39 is 5.78 Å². The molecule has 0 radical (unpaired) electrons. The van der Waals surface area contributed by atoms with Crippen LogP contribution in [0.5, 0.6) is 11.5 Å². The van der Waals surface area contributed by atoms with Gasteiger partial charge in [-0.3, -0.25) is 9.59 Å². The molecule has 2 aromatic rings. The highest BCUT2D eigenvalue weighted by atomic mass is 32.2. The third kappa shape index (κ3) is 11.2. The number of phenolic OH excluding ortho intramolecular Hbond substituents is 2. The van der Waals surface area contributed by atoms with Gasteiger partial charge in [0.05, 0.1) is 11.1 Å². The van der Waals surface area contributed by atoms with E-state index >= 15 is 0 Å². The van der Waals surface area contributed by atoms with Crippen molar-refractivity contribution in [2.75, 3.05) is 11.5 Å². The SMILES string of the molecule is CCCCCCCCCCCCSc1ccc2c(c1SCCCCCCCCCCCC)C(=O)c1c(O)ccc(O)c1C2=O. The Kier molecular flexibility index (Phi) is 17.4. The van der Waals surface area contributed by atoms with Crippen molar-refractivity contribution in [3.05, 3.63) is 46.5 Å². The van der Waals surface area contributed by atoms with Crippen molar-refractivity contribution in [3.63, 3.8) is 0 Å². The fourth-order valence-electron chi connectivity index (χ4n) is 6.07. The first-order chi connectivity index (χ1) is 21.5. The number of unbranched alkanes of at least 4 members (excludes halogenated alkanes) is 18. The first-order valence-corrected chi connectivity index (χ1v) is 19.5. The Bertz CT molecular complexity index is 1180. The van der Waals surface area contributed by atoms with Crippen LogP contribution in [-0.2, 0) is 0 Å². The van der Waals surface area contributed by atoms with E-state index in [0.29, 0.717) is 11.1 Å². The van der Waals surface area contributed by atoms with Crippen LogP contribution in [0.25, 0.3) is 0 Å². The normalized spacial score (nSPS) is 12.5. The molecule has 0 bridgehead atoms. The van der Waals surface area contributed by atoms with Crippen LogP contribution < -0.4 is 0 Å². The fourth-order valence-corrected chi connectivity index (χ4v) is 8.50. The zero-order chi connectivity index (χ0) is 31.6. The van der Waals surface area contributed by atoms with Crippen molar-refractivity contribution in [1.29, 1.82) is 0 Å². The molecule has 0 amide bonds. The first-order valence-electron chi connectivity index (χ1n) is 17.6. The predicted molar refractivity (Wildman–Crippen MR) is 188 cm³/mol. The molecule has 0 saturated heterocycles. The molecule has 0 spiro atoms. The standard InChI is InChI=1S/C38H56O4S2/c1-3-5-7-9-11-13-15-17-19-21-27-43-32-26-23-29-33(37(42)35-31(40)25-24-30(39)34(35)36(29)41)38(32)44-28-22-20-18-16-14-12-10-8-6-4-2/h23-26,39-40H,3-22,27-28H2,1-2H3. The second-order valence-corrected chi connectivity index (χ2v) is 14.6. The van der Waals surface area contributed by atoms with Gasteiger partial charge in [-0.1, -0.05) is 129 Å². The maximum atomic E-state index is 13.8. The van der Waals surface area contributed by atoms with Crippen molar-refractivity contribution >= 4 is 35.1 Å². The fraction of sp³-hybridized carbons (Fsp3) is 0.632. The summed E-state index contributed by atoms with van der Waals surface area (Å²) in [4.78, 5) is 29.2. The lowest BCUT2D eigenvalue weighted by atomic mass is 9.83. The summed E-state index contributed by atoms with van der Waals surface area (Å²) in [5.74, 6) is 0.590. The largest absolute Gasteiger partial charge is 0.507 e. The Morgan fingerprint density at radius 1 is 0.477 bits per heavy atom. The Hall–Kier alpha value is -1.92. The van der Waals surface area contributed by atoms with Crippen LogP contribution in [0.4, 0.5) is 0 Å². The molecule has 0 fully saturated rings. The minimum Gasteiger partial charge on any atom is -0.507 e. The molecule has 2 aromatic carbocycles. The molecule has 1 aliphatic rings. The molecule has 0 aromatic heterocycles. The van der Waals surface area contributed by atoms with Crippen LogP contribution in [-0.4, -0.2) is 33.3 Å². The summed E-state index contributed by atoms with van der Waals surface area (Å²) in [6.07, 6.45) is 25.8. The number of carbonyl (C=O) groups is 2. The minimum atomic E-state index is -0.393. The molecule has 2 N–H and O–H groups in total. The molecule has 0 unspecified atom stereocenters. The molecule has 0 atom stereocenters. The number of hydrogen-bond acceptors (Lipinski definition) is 6. The quantitative estimate of drug-likeness (QED) is 0.0576.